The first kappa shape index (κ1) is 20.0. The van der Waals surface area contributed by atoms with Gasteiger partial charge in [0.25, 0.3) is 0 Å². The molecule has 0 unspecified atom stereocenters. The van der Waals surface area contributed by atoms with Crippen molar-refractivity contribution < 1.29 is 18.8 Å². The molecule has 3 rings (SSSR count). The van der Waals surface area contributed by atoms with Crippen molar-refractivity contribution in [3.63, 3.8) is 0 Å². The molecule has 1 aromatic carbocycles. The van der Waals surface area contributed by atoms with Crippen molar-refractivity contribution in [2.75, 3.05) is 20.2 Å². The maximum absolute atomic E-state index is 12.4. The molecule has 7 heteroatoms. The largest absolute Gasteiger partial charge is 0.469 e. The molecular formula is C21H27N3O4. The first-order valence-corrected chi connectivity index (χ1v) is 9.76. The Morgan fingerprint density at radius 3 is 2.50 bits per heavy atom. The fraction of sp³-hybridized carbons (Fsp3) is 0.524. The molecular weight excluding hydrogens is 358 g/mol. The Morgan fingerprint density at radius 1 is 1.21 bits per heavy atom. The zero-order chi connectivity index (χ0) is 20.1. The predicted octanol–water partition coefficient (Wildman–Crippen LogP) is 3.20. The monoisotopic (exact) mass is 385 g/mol. The van der Waals surface area contributed by atoms with Crippen molar-refractivity contribution in [1.29, 1.82) is 0 Å². The second-order valence-corrected chi connectivity index (χ2v) is 7.47. The summed E-state index contributed by atoms with van der Waals surface area (Å²) in [6.45, 7) is 5.46. The summed E-state index contributed by atoms with van der Waals surface area (Å²) in [7, 11) is 1.40. The quantitative estimate of drug-likeness (QED) is 0.710. The van der Waals surface area contributed by atoms with Gasteiger partial charge in [0.2, 0.25) is 17.6 Å². The number of carbonyl (C=O) groups excluding carboxylic acids is 2. The van der Waals surface area contributed by atoms with Gasteiger partial charge in [-0.2, -0.15) is 4.98 Å². The maximum Gasteiger partial charge on any atom is 0.308 e. The van der Waals surface area contributed by atoms with Crippen LogP contribution >= 0.6 is 0 Å². The molecule has 0 N–H and O–H groups in total. The van der Waals surface area contributed by atoms with E-state index in [4.69, 9.17) is 9.26 Å². The Balaban J connectivity index is 1.50. The lowest BCUT2D eigenvalue weighted by atomic mass is 9.97. The van der Waals surface area contributed by atoms with E-state index in [0.717, 1.165) is 5.56 Å². The number of ether oxygens (including phenoxy) is 1. The van der Waals surface area contributed by atoms with Gasteiger partial charge in [-0.05, 0) is 24.3 Å². The molecule has 0 aliphatic carbocycles. The van der Waals surface area contributed by atoms with E-state index in [1.807, 2.05) is 12.1 Å². The van der Waals surface area contributed by atoms with Crippen LogP contribution < -0.4 is 0 Å². The highest BCUT2D eigenvalue weighted by molar-refractivity contribution is 5.77. The van der Waals surface area contributed by atoms with Gasteiger partial charge in [0.1, 0.15) is 0 Å². The molecule has 1 amide bonds. The van der Waals surface area contributed by atoms with Gasteiger partial charge < -0.3 is 14.2 Å². The van der Waals surface area contributed by atoms with Crippen molar-refractivity contribution in [2.24, 2.45) is 5.92 Å². The number of nitrogens with zero attached hydrogens (tertiary/aromatic N) is 3. The molecule has 0 spiro atoms. The normalized spacial score (nSPS) is 15.1. The van der Waals surface area contributed by atoms with E-state index in [2.05, 4.69) is 36.1 Å². The van der Waals surface area contributed by atoms with Gasteiger partial charge >= 0.3 is 5.97 Å². The molecule has 0 saturated carbocycles. The number of likely N-dealkylation sites (tertiary alicyclic amines) is 1. The molecule has 2 heterocycles. The number of methoxy groups -OCH3 is 1. The molecule has 1 aromatic heterocycles. The average molecular weight is 385 g/mol. The molecule has 1 saturated heterocycles. The molecule has 0 atom stereocenters. The van der Waals surface area contributed by atoms with Crippen LogP contribution in [-0.2, 0) is 20.7 Å². The zero-order valence-corrected chi connectivity index (χ0v) is 16.7. The van der Waals surface area contributed by atoms with Gasteiger partial charge in [0.05, 0.1) is 13.0 Å². The van der Waals surface area contributed by atoms with Gasteiger partial charge in [-0.25, -0.2) is 0 Å². The summed E-state index contributed by atoms with van der Waals surface area (Å²) < 4.78 is 10.1. The minimum absolute atomic E-state index is 0.0457. The minimum Gasteiger partial charge on any atom is -0.469 e. The van der Waals surface area contributed by atoms with Crippen molar-refractivity contribution in [2.45, 2.75) is 45.4 Å². The fourth-order valence-electron chi connectivity index (χ4n) is 3.39. The van der Waals surface area contributed by atoms with Crippen LogP contribution in [-0.4, -0.2) is 47.1 Å². The molecule has 1 aliphatic rings. The third-order valence-corrected chi connectivity index (χ3v) is 5.24. The highest BCUT2D eigenvalue weighted by atomic mass is 16.5. The Morgan fingerprint density at radius 2 is 1.89 bits per heavy atom. The molecule has 1 aliphatic heterocycles. The molecule has 150 valence electrons. The Hall–Kier alpha value is -2.70. The number of hydrogen-bond acceptors (Lipinski definition) is 6. The van der Waals surface area contributed by atoms with E-state index in [1.54, 1.807) is 4.90 Å². The molecule has 0 radical (unpaired) electrons. The SMILES string of the molecule is COC(=O)C1CCN(C(=O)CCc2nc(-c3ccc(C(C)C)cc3)no2)CC1. The fourth-order valence-corrected chi connectivity index (χ4v) is 3.39. The second kappa shape index (κ2) is 8.99. The number of rotatable bonds is 6. The van der Waals surface area contributed by atoms with Crippen molar-refractivity contribution in [3.8, 4) is 11.4 Å². The molecule has 28 heavy (non-hydrogen) atoms. The summed E-state index contributed by atoms with van der Waals surface area (Å²) in [4.78, 5) is 30.2. The summed E-state index contributed by atoms with van der Waals surface area (Å²) in [5.74, 6) is 1.22. The van der Waals surface area contributed by atoms with Crippen LogP contribution in [0.4, 0.5) is 0 Å². The lowest BCUT2D eigenvalue weighted by molar-refractivity contribution is -0.148. The number of benzene rings is 1. The standard InChI is InChI=1S/C21H27N3O4/c1-14(2)15-4-6-16(7-5-15)20-22-18(28-23-20)8-9-19(25)24-12-10-17(11-13-24)21(26)27-3/h4-7,14,17H,8-13H2,1-3H3. The van der Waals surface area contributed by atoms with E-state index >= 15 is 0 Å². The second-order valence-electron chi connectivity index (χ2n) is 7.47. The average Bonchev–Trinajstić information content (AvgIpc) is 3.20. The lowest BCUT2D eigenvalue weighted by Crippen LogP contribution is -2.40. The molecule has 1 fully saturated rings. The van der Waals surface area contributed by atoms with E-state index < -0.39 is 0 Å². The number of aromatic nitrogens is 2. The van der Waals surface area contributed by atoms with Crippen LogP contribution in [0.15, 0.2) is 28.8 Å². The summed E-state index contributed by atoms with van der Waals surface area (Å²) in [5, 5.41) is 4.03. The topological polar surface area (TPSA) is 85.5 Å². The summed E-state index contributed by atoms with van der Waals surface area (Å²) in [5.41, 5.74) is 2.16. The highest BCUT2D eigenvalue weighted by Crippen LogP contribution is 2.22. The van der Waals surface area contributed by atoms with Gasteiger partial charge in [-0.15, -0.1) is 0 Å². The Labute approximate surface area is 165 Å². The predicted molar refractivity (Wildman–Crippen MR) is 103 cm³/mol. The van der Waals surface area contributed by atoms with E-state index in [-0.39, 0.29) is 17.8 Å². The maximum atomic E-state index is 12.4. The van der Waals surface area contributed by atoms with Crippen LogP contribution in [0.1, 0.15) is 50.5 Å². The van der Waals surface area contributed by atoms with Gasteiger partial charge in [0, 0.05) is 31.5 Å². The number of carbonyl (C=O) groups is 2. The van der Waals surface area contributed by atoms with Crippen LogP contribution in [0.2, 0.25) is 0 Å². The molecule has 2 aromatic rings. The van der Waals surface area contributed by atoms with Crippen LogP contribution in [0.25, 0.3) is 11.4 Å². The van der Waals surface area contributed by atoms with Crippen molar-refractivity contribution >= 4 is 11.9 Å². The summed E-state index contributed by atoms with van der Waals surface area (Å²) in [6, 6.07) is 8.11. The van der Waals surface area contributed by atoms with Gasteiger partial charge in [0.15, 0.2) is 0 Å². The Bertz CT molecular complexity index is 805. The van der Waals surface area contributed by atoms with Gasteiger partial charge in [-0.1, -0.05) is 43.3 Å². The number of piperidine rings is 1. The van der Waals surface area contributed by atoms with E-state index in [1.165, 1.54) is 12.7 Å². The molecule has 0 bridgehead atoms. The van der Waals surface area contributed by atoms with Crippen molar-refractivity contribution in [3.05, 3.63) is 35.7 Å². The first-order valence-electron chi connectivity index (χ1n) is 9.76. The van der Waals surface area contributed by atoms with Crippen molar-refractivity contribution in [1.82, 2.24) is 15.0 Å². The minimum atomic E-state index is -0.188. The van der Waals surface area contributed by atoms with Crippen LogP contribution in [0, 0.1) is 5.92 Å². The smallest absolute Gasteiger partial charge is 0.308 e. The van der Waals surface area contributed by atoms with Gasteiger partial charge in [-0.3, -0.25) is 9.59 Å². The van der Waals surface area contributed by atoms with Crippen LogP contribution in [0.3, 0.4) is 0 Å². The first-order chi connectivity index (χ1) is 13.5. The number of hydrogen-bond donors (Lipinski definition) is 0. The highest BCUT2D eigenvalue weighted by Gasteiger charge is 2.27. The third-order valence-electron chi connectivity index (χ3n) is 5.24. The van der Waals surface area contributed by atoms with E-state index in [9.17, 15) is 9.59 Å². The summed E-state index contributed by atoms with van der Waals surface area (Å²) in [6.07, 6.45) is 2.02. The third kappa shape index (κ3) is 4.77. The number of aryl methyl sites for hydroxylation is 1. The summed E-state index contributed by atoms with van der Waals surface area (Å²) >= 11 is 0. The lowest BCUT2D eigenvalue weighted by Gasteiger charge is -2.30. The Kier molecular flexibility index (Phi) is 6.44. The zero-order valence-electron chi connectivity index (χ0n) is 16.7. The molecule has 7 nitrogen and oxygen atoms in total. The van der Waals surface area contributed by atoms with E-state index in [0.29, 0.717) is 56.4 Å². The number of amides is 1. The number of esters is 1. The van der Waals surface area contributed by atoms with Crippen LogP contribution in [0.5, 0.6) is 0 Å².